The minimum Gasteiger partial charge on any atom is -0.325 e. The molecule has 3 aromatic rings. The molecular weight excluding hydrogens is 378 g/mol. The number of halogens is 1. The van der Waals surface area contributed by atoms with Gasteiger partial charge in [-0.15, -0.1) is 5.10 Å². The van der Waals surface area contributed by atoms with E-state index in [2.05, 4.69) is 20.8 Å². The summed E-state index contributed by atoms with van der Waals surface area (Å²) in [6.45, 7) is 0. The van der Waals surface area contributed by atoms with Gasteiger partial charge in [-0.05, 0) is 46.8 Å². The molecule has 0 radical (unpaired) electrons. The Hall–Kier alpha value is -2.78. The predicted molar refractivity (Wildman–Crippen MR) is 96.4 cm³/mol. The number of aryl methyl sites for hydroxylation is 1. The lowest BCUT2D eigenvalue weighted by molar-refractivity contribution is -0.113. The highest BCUT2D eigenvalue weighted by molar-refractivity contribution is 7.92. The van der Waals surface area contributed by atoms with Crippen LogP contribution in [-0.2, 0) is 21.7 Å². The van der Waals surface area contributed by atoms with E-state index in [0.717, 1.165) is 0 Å². The molecule has 10 heteroatoms. The zero-order chi connectivity index (χ0) is 18.7. The molecule has 0 bridgehead atoms. The van der Waals surface area contributed by atoms with Crippen molar-refractivity contribution in [3.05, 3.63) is 53.6 Å². The molecule has 8 nitrogen and oxygen atoms in total. The number of sulfone groups is 1. The fourth-order valence-electron chi connectivity index (χ4n) is 2.30. The van der Waals surface area contributed by atoms with Crippen LogP contribution < -0.4 is 5.32 Å². The predicted octanol–water partition coefficient (Wildman–Crippen LogP) is 1.94. The van der Waals surface area contributed by atoms with Crippen molar-refractivity contribution < 1.29 is 13.2 Å². The molecular formula is C16H14ClN5O3S. The summed E-state index contributed by atoms with van der Waals surface area (Å²) < 4.78 is 26.1. The zero-order valence-corrected chi connectivity index (χ0v) is 15.2. The third-order valence-electron chi connectivity index (χ3n) is 3.52. The van der Waals surface area contributed by atoms with E-state index in [1.165, 1.54) is 28.9 Å². The van der Waals surface area contributed by atoms with Gasteiger partial charge in [-0.1, -0.05) is 23.7 Å². The quantitative estimate of drug-likeness (QED) is 0.712. The van der Waals surface area contributed by atoms with E-state index in [0.29, 0.717) is 22.1 Å². The number of nitrogens with one attached hydrogen (secondary N) is 1. The number of nitrogens with zero attached hydrogens (tertiary/aromatic N) is 4. The molecule has 0 aliphatic carbocycles. The van der Waals surface area contributed by atoms with E-state index in [-0.39, 0.29) is 4.90 Å². The molecule has 1 heterocycles. The number of rotatable bonds is 5. The van der Waals surface area contributed by atoms with Crippen molar-refractivity contribution in [1.29, 1.82) is 0 Å². The average Bonchev–Trinajstić information content (AvgIpc) is 3.01. The number of amides is 1. The number of anilines is 1. The molecule has 0 saturated carbocycles. The van der Waals surface area contributed by atoms with Crippen LogP contribution in [0.3, 0.4) is 0 Å². The molecule has 0 saturated heterocycles. The summed E-state index contributed by atoms with van der Waals surface area (Å²) >= 11 is 5.75. The van der Waals surface area contributed by atoms with Crippen LogP contribution in [0.15, 0.2) is 53.4 Å². The van der Waals surface area contributed by atoms with Gasteiger partial charge in [0.05, 0.1) is 4.90 Å². The first kappa shape index (κ1) is 18.0. The lowest BCUT2D eigenvalue weighted by Crippen LogP contribution is -2.23. The van der Waals surface area contributed by atoms with E-state index in [1.54, 1.807) is 31.3 Å². The van der Waals surface area contributed by atoms with Crippen LogP contribution in [0.4, 0.5) is 5.69 Å². The summed E-state index contributed by atoms with van der Waals surface area (Å²) in [5.74, 6) is -0.798. The third-order valence-corrected chi connectivity index (χ3v) is 5.40. The second kappa shape index (κ2) is 7.22. The minimum atomic E-state index is -3.76. The number of aromatic nitrogens is 4. The van der Waals surface area contributed by atoms with E-state index >= 15 is 0 Å². The minimum absolute atomic E-state index is 0.0379. The van der Waals surface area contributed by atoms with Crippen LogP contribution in [0.25, 0.3) is 11.4 Å². The molecule has 0 atom stereocenters. The summed E-state index contributed by atoms with van der Waals surface area (Å²) in [5, 5.41) is 14.2. The molecule has 0 spiro atoms. The van der Waals surface area contributed by atoms with Crippen LogP contribution in [0.5, 0.6) is 0 Å². The fourth-order valence-corrected chi connectivity index (χ4v) is 3.57. The molecule has 0 aliphatic heterocycles. The standard InChI is InChI=1S/C16H14ClN5O3S/c1-22-16(19-20-21-22)11-3-2-4-13(9-11)18-15(23)10-26(24,25)14-7-5-12(17)6-8-14/h2-9H,10H2,1H3,(H,18,23). The van der Waals surface area contributed by atoms with Gasteiger partial charge in [0.15, 0.2) is 15.7 Å². The Balaban J connectivity index is 1.74. The van der Waals surface area contributed by atoms with Gasteiger partial charge in [-0.3, -0.25) is 4.79 Å². The molecule has 26 heavy (non-hydrogen) atoms. The zero-order valence-electron chi connectivity index (χ0n) is 13.6. The summed E-state index contributed by atoms with van der Waals surface area (Å²) in [5.41, 5.74) is 1.14. The lowest BCUT2D eigenvalue weighted by atomic mass is 10.2. The first-order valence-electron chi connectivity index (χ1n) is 7.46. The summed E-state index contributed by atoms with van der Waals surface area (Å²) in [6.07, 6.45) is 0. The molecule has 3 rings (SSSR count). The van der Waals surface area contributed by atoms with Gasteiger partial charge < -0.3 is 5.32 Å². The fraction of sp³-hybridized carbons (Fsp3) is 0.125. The van der Waals surface area contributed by atoms with Gasteiger partial charge in [0.2, 0.25) is 5.91 Å². The topological polar surface area (TPSA) is 107 Å². The summed E-state index contributed by atoms with van der Waals surface area (Å²) in [4.78, 5) is 12.2. The van der Waals surface area contributed by atoms with Crippen molar-refractivity contribution >= 4 is 33.0 Å². The number of carbonyl (C=O) groups is 1. The number of hydrogen-bond acceptors (Lipinski definition) is 6. The maximum atomic E-state index is 12.3. The molecule has 0 aliphatic rings. The molecule has 2 aromatic carbocycles. The Bertz CT molecular complexity index is 1050. The van der Waals surface area contributed by atoms with Crippen molar-refractivity contribution in [2.45, 2.75) is 4.90 Å². The number of benzene rings is 2. The molecule has 1 amide bonds. The maximum Gasteiger partial charge on any atom is 0.239 e. The number of hydrogen-bond donors (Lipinski definition) is 1. The van der Waals surface area contributed by atoms with Crippen molar-refractivity contribution in [2.24, 2.45) is 7.05 Å². The van der Waals surface area contributed by atoms with Crippen LogP contribution in [0.2, 0.25) is 5.02 Å². The van der Waals surface area contributed by atoms with Gasteiger partial charge in [0.1, 0.15) is 5.75 Å². The van der Waals surface area contributed by atoms with Crippen LogP contribution >= 0.6 is 11.6 Å². The maximum absolute atomic E-state index is 12.3. The summed E-state index contributed by atoms with van der Waals surface area (Å²) in [7, 11) is -2.07. The number of tetrazole rings is 1. The molecule has 1 N–H and O–H groups in total. The van der Waals surface area contributed by atoms with Gasteiger partial charge in [-0.2, -0.15) is 0 Å². The van der Waals surface area contributed by atoms with Crippen molar-refractivity contribution in [3.8, 4) is 11.4 Å². The van der Waals surface area contributed by atoms with E-state index in [1.807, 2.05) is 0 Å². The normalized spacial score (nSPS) is 11.3. The lowest BCUT2D eigenvalue weighted by Gasteiger charge is -2.08. The molecule has 0 unspecified atom stereocenters. The van der Waals surface area contributed by atoms with Crippen molar-refractivity contribution in [2.75, 3.05) is 11.1 Å². The second-order valence-corrected chi connectivity index (χ2v) is 7.89. The largest absolute Gasteiger partial charge is 0.325 e. The SMILES string of the molecule is Cn1nnnc1-c1cccc(NC(=O)CS(=O)(=O)c2ccc(Cl)cc2)c1. The monoisotopic (exact) mass is 391 g/mol. The smallest absolute Gasteiger partial charge is 0.239 e. The van der Waals surface area contributed by atoms with Crippen LogP contribution in [0, 0.1) is 0 Å². The Morgan fingerprint density at radius 1 is 1.19 bits per heavy atom. The summed E-state index contributed by atoms with van der Waals surface area (Å²) in [6, 6.07) is 12.5. The first-order chi connectivity index (χ1) is 12.3. The van der Waals surface area contributed by atoms with Gasteiger partial charge in [-0.25, -0.2) is 13.1 Å². The first-order valence-corrected chi connectivity index (χ1v) is 9.49. The average molecular weight is 392 g/mol. The Morgan fingerprint density at radius 2 is 1.92 bits per heavy atom. The van der Waals surface area contributed by atoms with E-state index in [4.69, 9.17) is 11.6 Å². The van der Waals surface area contributed by atoms with Gasteiger partial charge in [0, 0.05) is 23.3 Å². The third kappa shape index (κ3) is 4.06. The highest BCUT2D eigenvalue weighted by Crippen LogP contribution is 2.20. The van der Waals surface area contributed by atoms with Gasteiger partial charge in [0.25, 0.3) is 0 Å². The Morgan fingerprint density at radius 3 is 2.58 bits per heavy atom. The Labute approximate surface area is 154 Å². The van der Waals surface area contributed by atoms with Crippen LogP contribution in [0.1, 0.15) is 0 Å². The molecule has 134 valence electrons. The highest BCUT2D eigenvalue weighted by atomic mass is 35.5. The highest BCUT2D eigenvalue weighted by Gasteiger charge is 2.19. The molecule has 0 fully saturated rings. The molecule has 1 aromatic heterocycles. The second-order valence-electron chi connectivity index (χ2n) is 5.47. The Kier molecular flexibility index (Phi) is 5.01. The van der Waals surface area contributed by atoms with Crippen LogP contribution in [-0.4, -0.2) is 40.3 Å². The van der Waals surface area contributed by atoms with E-state index in [9.17, 15) is 13.2 Å². The van der Waals surface area contributed by atoms with E-state index < -0.39 is 21.5 Å². The van der Waals surface area contributed by atoms with Crippen molar-refractivity contribution in [1.82, 2.24) is 20.2 Å². The number of carbonyl (C=O) groups excluding carboxylic acids is 1. The van der Waals surface area contributed by atoms with Gasteiger partial charge >= 0.3 is 0 Å². The van der Waals surface area contributed by atoms with Crippen molar-refractivity contribution in [3.63, 3.8) is 0 Å².